The van der Waals surface area contributed by atoms with Gasteiger partial charge in [0.2, 0.25) is 0 Å². The molecule has 0 spiro atoms. The molecule has 21 heavy (non-hydrogen) atoms. The fraction of sp³-hybridized carbons (Fsp3) is 0.526. The molecule has 3 rings (SSSR count). The second-order valence-electron chi connectivity index (χ2n) is 7.10. The van der Waals surface area contributed by atoms with Crippen LogP contribution < -0.4 is 0 Å². The molecule has 2 heteroatoms. The third-order valence-corrected chi connectivity index (χ3v) is 6.09. The van der Waals surface area contributed by atoms with Crippen LogP contribution in [0.15, 0.2) is 36.4 Å². The van der Waals surface area contributed by atoms with E-state index in [-0.39, 0.29) is 11.4 Å². The van der Waals surface area contributed by atoms with E-state index in [1.54, 1.807) is 0 Å². The van der Waals surface area contributed by atoms with Gasteiger partial charge in [-0.25, -0.2) is 4.79 Å². The number of hydrogen-bond donors (Lipinski definition) is 0. The minimum Gasteiger partial charge on any atom is -0.462 e. The maximum absolute atomic E-state index is 11.9. The first-order chi connectivity index (χ1) is 10.0. The zero-order valence-electron chi connectivity index (χ0n) is 13.0. The van der Waals surface area contributed by atoms with E-state index in [0.717, 1.165) is 11.5 Å². The predicted molar refractivity (Wildman–Crippen MR) is 84.6 cm³/mol. The van der Waals surface area contributed by atoms with Crippen LogP contribution in [-0.2, 0) is 9.53 Å². The Labute approximate surface area is 127 Å². The van der Waals surface area contributed by atoms with E-state index in [0.29, 0.717) is 12.0 Å². The fourth-order valence-electron chi connectivity index (χ4n) is 4.25. The van der Waals surface area contributed by atoms with E-state index in [9.17, 15) is 4.79 Å². The number of ether oxygens (including phenoxy) is 1. The SMILES string of the molecule is CC12CCC(CC1)C2(C)COC(=O)C=Cc1ccccc1. The van der Waals surface area contributed by atoms with Gasteiger partial charge in [-0.2, -0.15) is 0 Å². The highest BCUT2D eigenvalue weighted by molar-refractivity contribution is 5.87. The first-order valence-electron chi connectivity index (χ1n) is 7.93. The van der Waals surface area contributed by atoms with Gasteiger partial charge in [-0.15, -0.1) is 0 Å². The number of carbonyl (C=O) groups excluding carboxylic acids is 1. The van der Waals surface area contributed by atoms with Crippen molar-refractivity contribution >= 4 is 12.0 Å². The number of hydrogen-bond acceptors (Lipinski definition) is 2. The maximum atomic E-state index is 11.9. The van der Waals surface area contributed by atoms with E-state index in [4.69, 9.17) is 4.74 Å². The first-order valence-corrected chi connectivity index (χ1v) is 7.93. The maximum Gasteiger partial charge on any atom is 0.330 e. The fourth-order valence-corrected chi connectivity index (χ4v) is 4.25. The molecular weight excluding hydrogens is 260 g/mol. The van der Waals surface area contributed by atoms with Crippen LogP contribution >= 0.6 is 0 Å². The summed E-state index contributed by atoms with van der Waals surface area (Å²) in [6, 6.07) is 9.84. The average Bonchev–Trinajstić information content (AvgIpc) is 2.90. The van der Waals surface area contributed by atoms with Crippen LogP contribution in [0.2, 0.25) is 0 Å². The van der Waals surface area contributed by atoms with Gasteiger partial charge in [0, 0.05) is 11.5 Å². The van der Waals surface area contributed by atoms with Gasteiger partial charge in [-0.1, -0.05) is 44.2 Å². The summed E-state index contributed by atoms with van der Waals surface area (Å²) < 4.78 is 5.57. The van der Waals surface area contributed by atoms with Crippen molar-refractivity contribution in [2.75, 3.05) is 6.61 Å². The molecule has 1 aromatic rings. The highest BCUT2D eigenvalue weighted by Crippen LogP contribution is 2.65. The van der Waals surface area contributed by atoms with Crippen LogP contribution in [0, 0.1) is 16.7 Å². The van der Waals surface area contributed by atoms with Crippen LogP contribution in [-0.4, -0.2) is 12.6 Å². The smallest absolute Gasteiger partial charge is 0.330 e. The molecule has 2 bridgehead atoms. The second kappa shape index (κ2) is 5.32. The van der Waals surface area contributed by atoms with Crippen molar-refractivity contribution in [3.05, 3.63) is 42.0 Å². The van der Waals surface area contributed by atoms with Crippen LogP contribution in [0.25, 0.3) is 6.08 Å². The van der Waals surface area contributed by atoms with E-state index < -0.39 is 0 Å². The molecule has 0 aliphatic heterocycles. The van der Waals surface area contributed by atoms with Crippen molar-refractivity contribution in [1.82, 2.24) is 0 Å². The van der Waals surface area contributed by atoms with Crippen molar-refractivity contribution in [1.29, 1.82) is 0 Å². The van der Waals surface area contributed by atoms with Crippen LogP contribution in [0.4, 0.5) is 0 Å². The normalized spacial score (nSPS) is 34.5. The lowest BCUT2D eigenvalue weighted by molar-refractivity contribution is -0.143. The van der Waals surface area contributed by atoms with E-state index in [2.05, 4.69) is 13.8 Å². The highest BCUT2D eigenvalue weighted by atomic mass is 16.5. The van der Waals surface area contributed by atoms with Crippen LogP contribution in [0.5, 0.6) is 0 Å². The largest absolute Gasteiger partial charge is 0.462 e. The molecule has 1 aromatic carbocycles. The summed E-state index contributed by atoms with van der Waals surface area (Å²) in [4.78, 5) is 11.9. The Hall–Kier alpha value is -1.57. The van der Waals surface area contributed by atoms with E-state index in [1.807, 2.05) is 36.4 Å². The third kappa shape index (κ3) is 2.52. The Morgan fingerprint density at radius 3 is 2.48 bits per heavy atom. The Morgan fingerprint density at radius 1 is 1.24 bits per heavy atom. The summed E-state index contributed by atoms with van der Waals surface area (Å²) in [5.41, 5.74) is 1.55. The number of rotatable bonds is 4. The molecule has 1 atom stereocenters. The molecular formula is C19H24O2. The first kappa shape index (κ1) is 14.4. The standard InChI is InChI=1S/C19H24O2/c1-18-12-10-16(11-13-18)19(18,2)14-21-17(20)9-8-15-6-4-3-5-7-15/h3-9,16H,10-14H2,1-2H3. The number of benzene rings is 1. The van der Waals surface area contributed by atoms with Crippen molar-refractivity contribution in [2.45, 2.75) is 39.5 Å². The van der Waals surface area contributed by atoms with Crippen molar-refractivity contribution in [3.8, 4) is 0 Å². The van der Waals surface area contributed by atoms with Gasteiger partial charge in [0.25, 0.3) is 0 Å². The lowest BCUT2D eigenvalue weighted by Crippen LogP contribution is -2.36. The van der Waals surface area contributed by atoms with Gasteiger partial charge in [0.1, 0.15) is 0 Å². The summed E-state index contributed by atoms with van der Waals surface area (Å²) in [7, 11) is 0. The summed E-state index contributed by atoms with van der Waals surface area (Å²) in [5.74, 6) is 0.503. The van der Waals surface area contributed by atoms with Gasteiger partial charge in [-0.05, 0) is 48.7 Å². The van der Waals surface area contributed by atoms with Crippen LogP contribution in [0.3, 0.4) is 0 Å². The van der Waals surface area contributed by atoms with E-state index >= 15 is 0 Å². The van der Waals surface area contributed by atoms with Gasteiger partial charge in [0.15, 0.2) is 0 Å². The van der Waals surface area contributed by atoms with Gasteiger partial charge >= 0.3 is 5.97 Å². The quantitative estimate of drug-likeness (QED) is 0.603. The number of fused-ring (bicyclic) bond motifs is 2. The van der Waals surface area contributed by atoms with Crippen molar-refractivity contribution in [3.63, 3.8) is 0 Å². The zero-order valence-corrected chi connectivity index (χ0v) is 13.0. The lowest BCUT2D eigenvalue weighted by atomic mass is 9.70. The molecule has 2 aliphatic rings. The highest BCUT2D eigenvalue weighted by Gasteiger charge is 2.59. The summed E-state index contributed by atoms with van der Waals surface area (Å²) >= 11 is 0. The average molecular weight is 284 g/mol. The van der Waals surface area contributed by atoms with E-state index in [1.165, 1.54) is 31.8 Å². The van der Waals surface area contributed by atoms with Gasteiger partial charge < -0.3 is 4.74 Å². The monoisotopic (exact) mass is 284 g/mol. The molecule has 2 saturated carbocycles. The lowest BCUT2D eigenvalue weighted by Gasteiger charge is -2.37. The summed E-state index contributed by atoms with van der Waals surface area (Å²) in [5, 5.41) is 0. The molecule has 2 fully saturated rings. The predicted octanol–water partition coefficient (Wildman–Crippen LogP) is 4.46. The Kier molecular flexibility index (Phi) is 3.64. The summed E-state index contributed by atoms with van der Waals surface area (Å²) in [6.45, 7) is 5.24. The molecule has 112 valence electrons. The molecule has 0 N–H and O–H groups in total. The minimum absolute atomic E-state index is 0.170. The Bertz CT molecular complexity index is 538. The summed E-state index contributed by atoms with van der Waals surface area (Å²) in [6.07, 6.45) is 8.51. The minimum atomic E-state index is -0.227. The molecule has 0 amide bonds. The zero-order chi connectivity index (χ0) is 14.9. The molecule has 0 aromatic heterocycles. The molecule has 0 saturated heterocycles. The van der Waals surface area contributed by atoms with Crippen LogP contribution in [0.1, 0.15) is 45.1 Å². The molecule has 0 heterocycles. The Balaban J connectivity index is 1.58. The van der Waals surface area contributed by atoms with Crippen molar-refractivity contribution < 1.29 is 9.53 Å². The van der Waals surface area contributed by atoms with Gasteiger partial charge in [-0.3, -0.25) is 0 Å². The second-order valence-corrected chi connectivity index (χ2v) is 7.10. The Morgan fingerprint density at radius 2 is 1.90 bits per heavy atom. The molecule has 2 aliphatic carbocycles. The number of carbonyl (C=O) groups is 1. The van der Waals surface area contributed by atoms with Gasteiger partial charge in [0.05, 0.1) is 6.61 Å². The molecule has 2 nitrogen and oxygen atoms in total. The topological polar surface area (TPSA) is 26.3 Å². The number of esters is 1. The molecule has 1 unspecified atom stereocenters. The third-order valence-electron chi connectivity index (χ3n) is 6.09. The molecule has 0 radical (unpaired) electrons. The van der Waals surface area contributed by atoms with Crippen molar-refractivity contribution in [2.24, 2.45) is 16.7 Å².